The van der Waals surface area contributed by atoms with Crippen molar-refractivity contribution in [3.8, 4) is 0 Å². The number of likely N-dealkylation sites (tertiary alicyclic amines) is 1. The van der Waals surface area contributed by atoms with Crippen molar-refractivity contribution in [1.82, 2.24) is 10.2 Å². The van der Waals surface area contributed by atoms with Gasteiger partial charge < -0.3 is 16.0 Å². The molecule has 0 saturated carbocycles. The van der Waals surface area contributed by atoms with Crippen LogP contribution in [0.2, 0.25) is 0 Å². The maximum atomic E-state index is 12.1. The number of halogens is 1. The molecule has 3 atom stereocenters. The molecule has 1 aliphatic heterocycles. The number of hydrogen-bond acceptors (Lipinski definition) is 3. The first kappa shape index (κ1) is 17.2. The molecule has 106 valence electrons. The average molecular weight is 278 g/mol. The highest BCUT2D eigenvalue weighted by atomic mass is 35.5. The second-order valence-corrected chi connectivity index (χ2v) is 4.89. The maximum Gasteiger partial charge on any atom is 0.226 e. The van der Waals surface area contributed by atoms with E-state index in [1.807, 2.05) is 13.8 Å². The van der Waals surface area contributed by atoms with E-state index in [2.05, 4.69) is 5.32 Å². The third-order valence-corrected chi connectivity index (χ3v) is 3.53. The summed E-state index contributed by atoms with van der Waals surface area (Å²) < 4.78 is 0. The van der Waals surface area contributed by atoms with Crippen molar-refractivity contribution >= 4 is 24.2 Å². The Bertz CT molecular complexity index is 297. The van der Waals surface area contributed by atoms with E-state index < -0.39 is 0 Å². The summed E-state index contributed by atoms with van der Waals surface area (Å²) in [6.07, 6.45) is 1.74. The van der Waals surface area contributed by atoms with Crippen LogP contribution in [0.4, 0.5) is 0 Å². The highest BCUT2D eigenvalue weighted by molar-refractivity contribution is 5.85. The van der Waals surface area contributed by atoms with E-state index >= 15 is 0 Å². The Morgan fingerprint density at radius 2 is 2.00 bits per heavy atom. The van der Waals surface area contributed by atoms with Crippen LogP contribution in [0.15, 0.2) is 0 Å². The highest BCUT2D eigenvalue weighted by Gasteiger charge is 2.30. The van der Waals surface area contributed by atoms with E-state index in [9.17, 15) is 9.59 Å². The number of amides is 2. The molecular weight excluding hydrogens is 254 g/mol. The number of rotatable bonds is 3. The molecule has 1 aliphatic rings. The molecule has 6 heteroatoms. The van der Waals surface area contributed by atoms with E-state index in [-0.39, 0.29) is 42.1 Å². The quantitative estimate of drug-likeness (QED) is 0.783. The van der Waals surface area contributed by atoms with Gasteiger partial charge in [0.2, 0.25) is 11.8 Å². The molecule has 2 amide bonds. The SMILES string of the molecule is CNC(=O)C1CCCN(C(=O)C(C)C(C)N)C1.Cl. The fourth-order valence-electron chi connectivity index (χ4n) is 2.11. The fraction of sp³-hybridized carbons (Fsp3) is 0.833. The minimum atomic E-state index is -0.182. The molecule has 18 heavy (non-hydrogen) atoms. The first-order chi connectivity index (χ1) is 7.97. The van der Waals surface area contributed by atoms with Gasteiger partial charge in [0.1, 0.15) is 0 Å². The van der Waals surface area contributed by atoms with Gasteiger partial charge >= 0.3 is 0 Å². The van der Waals surface area contributed by atoms with Gasteiger partial charge in [0.05, 0.1) is 11.8 Å². The van der Waals surface area contributed by atoms with Crippen molar-refractivity contribution < 1.29 is 9.59 Å². The van der Waals surface area contributed by atoms with Gasteiger partial charge in [-0.3, -0.25) is 9.59 Å². The van der Waals surface area contributed by atoms with Gasteiger partial charge in [-0.25, -0.2) is 0 Å². The summed E-state index contributed by atoms with van der Waals surface area (Å²) in [6, 6.07) is -0.150. The van der Waals surface area contributed by atoms with Crippen LogP contribution in [0, 0.1) is 11.8 Å². The lowest BCUT2D eigenvalue weighted by Gasteiger charge is -2.34. The van der Waals surface area contributed by atoms with Crippen molar-refractivity contribution in [2.75, 3.05) is 20.1 Å². The molecule has 0 radical (unpaired) electrons. The lowest BCUT2D eigenvalue weighted by atomic mass is 9.95. The predicted octanol–water partition coefficient (Wildman–Crippen LogP) is 0.376. The number of carbonyl (C=O) groups is 2. The minimum Gasteiger partial charge on any atom is -0.359 e. The third-order valence-electron chi connectivity index (χ3n) is 3.53. The number of piperidine rings is 1. The van der Waals surface area contributed by atoms with Crippen LogP contribution in [0.1, 0.15) is 26.7 Å². The van der Waals surface area contributed by atoms with Crippen molar-refractivity contribution in [2.24, 2.45) is 17.6 Å². The summed E-state index contributed by atoms with van der Waals surface area (Å²) >= 11 is 0. The molecule has 1 saturated heterocycles. The highest BCUT2D eigenvalue weighted by Crippen LogP contribution is 2.19. The lowest BCUT2D eigenvalue weighted by Crippen LogP contribution is -2.48. The normalized spacial score (nSPS) is 22.7. The molecule has 0 spiro atoms. The van der Waals surface area contributed by atoms with Crippen molar-refractivity contribution in [3.63, 3.8) is 0 Å². The Labute approximate surface area is 115 Å². The first-order valence-corrected chi connectivity index (χ1v) is 6.23. The van der Waals surface area contributed by atoms with E-state index in [0.717, 1.165) is 19.4 Å². The Kier molecular flexibility index (Phi) is 7.25. The number of nitrogens with two attached hydrogens (primary N) is 1. The molecule has 1 heterocycles. The van der Waals surface area contributed by atoms with Crippen LogP contribution in [-0.2, 0) is 9.59 Å². The summed E-state index contributed by atoms with van der Waals surface area (Å²) in [4.78, 5) is 25.5. The van der Waals surface area contributed by atoms with Crippen molar-refractivity contribution in [1.29, 1.82) is 0 Å². The van der Waals surface area contributed by atoms with E-state index in [4.69, 9.17) is 5.73 Å². The third kappa shape index (κ3) is 4.14. The van der Waals surface area contributed by atoms with Gasteiger partial charge in [-0.1, -0.05) is 6.92 Å². The van der Waals surface area contributed by atoms with Gasteiger partial charge in [-0.2, -0.15) is 0 Å². The zero-order valence-electron chi connectivity index (χ0n) is 11.3. The van der Waals surface area contributed by atoms with Gasteiger partial charge in [0.15, 0.2) is 0 Å². The summed E-state index contributed by atoms with van der Waals surface area (Å²) in [5.41, 5.74) is 5.74. The monoisotopic (exact) mass is 277 g/mol. The molecule has 5 nitrogen and oxygen atoms in total. The zero-order valence-corrected chi connectivity index (χ0v) is 12.1. The van der Waals surface area contributed by atoms with Gasteiger partial charge in [0.25, 0.3) is 0 Å². The van der Waals surface area contributed by atoms with Gasteiger partial charge in [-0.15, -0.1) is 12.4 Å². The van der Waals surface area contributed by atoms with Crippen LogP contribution >= 0.6 is 12.4 Å². The van der Waals surface area contributed by atoms with Crippen LogP contribution in [0.3, 0.4) is 0 Å². The molecule has 3 unspecified atom stereocenters. The average Bonchev–Trinajstić information content (AvgIpc) is 2.36. The van der Waals surface area contributed by atoms with Crippen LogP contribution in [0.5, 0.6) is 0 Å². The van der Waals surface area contributed by atoms with E-state index in [1.165, 1.54) is 0 Å². The van der Waals surface area contributed by atoms with Crippen molar-refractivity contribution in [3.05, 3.63) is 0 Å². The van der Waals surface area contributed by atoms with Gasteiger partial charge in [0, 0.05) is 26.2 Å². The summed E-state index contributed by atoms with van der Waals surface area (Å²) in [7, 11) is 1.63. The zero-order chi connectivity index (χ0) is 13.0. The number of carbonyl (C=O) groups excluding carboxylic acids is 2. The first-order valence-electron chi connectivity index (χ1n) is 6.23. The fourth-order valence-corrected chi connectivity index (χ4v) is 2.11. The molecule has 1 rings (SSSR count). The predicted molar refractivity (Wildman–Crippen MR) is 73.4 cm³/mol. The second kappa shape index (κ2) is 7.59. The summed E-state index contributed by atoms with van der Waals surface area (Å²) in [5, 5.41) is 2.64. The van der Waals surface area contributed by atoms with Gasteiger partial charge in [-0.05, 0) is 19.8 Å². The Balaban J connectivity index is 0.00000289. The Morgan fingerprint density at radius 1 is 1.39 bits per heavy atom. The Morgan fingerprint density at radius 3 is 2.50 bits per heavy atom. The largest absolute Gasteiger partial charge is 0.359 e. The molecular formula is C12H24ClN3O2. The molecule has 3 N–H and O–H groups in total. The van der Waals surface area contributed by atoms with Crippen LogP contribution in [-0.4, -0.2) is 42.9 Å². The molecule has 0 aliphatic carbocycles. The van der Waals surface area contributed by atoms with Crippen LogP contribution in [0.25, 0.3) is 0 Å². The van der Waals surface area contributed by atoms with E-state index in [1.54, 1.807) is 11.9 Å². The number of hydrogen-bond donors (Lipinski definition) is 2. The number of nitrogens with zero attached hydrogens (tertiary/aromatic N) is 1. The molecule has 0 aromatic heterocycles. The molecule has 0 bridgehead atoms. The van der Waals surface area contributed by atoms with E-state index in [0.29, 0.717) is 6.54 Å². The molecule has 0 aromatic carbocycles. The maximum absolute atomic E-state index is 12.1. The summed E-state index contributed by atoms with van der Waals surface area (Å²) in [5.74, 6) is -0.166. The smallest absolute Gasteiger partial charge is 0.226 e. The molecule has 0 aromatic rings. The Hall–Kier alpha value is -0.810. The molecule has 1 fully saturated rings. The standard InChI is InChI=1S/C12H23N3O2.ClH/c1-8(9(2)13)12(17)15-6-4-5-10(7-15)11(16)14-3;/h8-10H,4-7,13H2,1-3H3,(H,14,16);1H. The second-order valence-electron chi connectivity index (χ2n) is 4.89. The van der Waals surface area contributed by atoms with Crippen molar-refractivity contribution in [2.45, 2.75) is 32.7 Å². The van der Waals surface area contributed by atoms with Crippen LogP contribution < -0.4 is 11.1 Å². The number of nitrogens with one attached hydrogen (secondary N) is 1. The topological polar surface area (TPSA) is 75.4 Å². The minimum absolute atomic E-state index is 0. The summed E-state index contributed by atoms with van der Waals surface area (Å²) in [6.45, 7) is 4.94. The lowest BCUT2D eigenvalue weighted by molar-refractivity contribution is -0.139.